The number of thiophene rings is 1. The van der Waals surface area contributed by atoms with Crippen LogP contribution < -0.4 is 5.32 Å². The van der Waals surface area contributed by atoms with Crippen LogP contribution in [0.5, 0.6) is 0 Å². The molecule has 1 aliphatic carbocycles. The van der Waals surface area contributed by atoms with Gasteiger partial charge in [0.15, 0.2) is 0 Å². The van der Waals surface area contributed by atoms with Crippen molar-refractivity contribution >= 4 is 27.3 Å². The van der Waals surface area contributed by atoms with E-state index in [-0.39, 0.29) is 5.91 Å². The lowest BCUT2D eigenvalue weighted by Gasteiger charge is -2.36. The molecule has 1 aromatic heterocycles. The zero-order valence-electron chi connectivity index (χ0n) is 16.2. The first-order valence-electron chi connectivity index (χ1n) is 10.3. The zero-order chi connectivity index (χ0) is 18.6. The van der Waals surface area contributed by atoms with Crippen LogP contribution in [0.4, 0.5) is 0 Å². The molecule has 1 amide bonds. The molecule has 2 fully saturated rings. The monoisotopic (exact) mass is 386 g/mol. The highest BCUT2D eigenvalue weighted by atomic mass is 32.1. The van der Waals surface area contributed by atoms with Gasteiger partial charge in [0.1, 0.15) is 0 Å². The van der Waals surface area contributed by atoms with Crippen LogP contribution in [0, 0.1) is 5.92 Å². The Kier molecular flexibility index (Phi) is 6.11. The van der Waals surface area contributed by atoms with E-state index >= 15 is 0 Å². The highest BCUT2D eigenvalue weighted by Gasteiger charge is 2.31. The number of hydrogen-bond acceptors (Lipinski definition) is 4. The summed E-state index contributed by atoms with van der Waals surface area (Å²) in [5.74, 6) is 0.967. The van der Waals surface area contributed by atoms with Crippen molar-refractivity contribution in [2.75, 3.05) is 33.4 Å². The summed E-state index contributed by atoms with van der Waals surface area (Å²) in [6.07, 6.45) is 7.67. The van der Waals surface area contributed by atoms with Gasteiger partial charge in [-0.25, -0.2) is 0 Å². The number of carbonyl (C=O) groups excluding carboxylic acids is 1. The summed E-state index contributed by atoms with van der Waals surface area (Å²) in [6, 6.07) is 9.05. The number of benzene rings is 1. The Morgan fingerprint density at radius 3 is 2.93 bits per heavy atom. The molecule has 2 aromatic rings. The van der Waals surface area contributed by atoms with Gasteiger partial charge in [0.2, 0.25) is 0 Å². The third-order valence-corrected chi connectivity index (χ3v) is 7.09. The van der Waals surface area contributed by atoms with Gasteiger partial charge in [-0.15, -0.1) is 11.3 Å². The molecule has 1 atom stereocenters. The molecule has 0 radical (unpaired) electrons. The summed E-state index contributed by atoms with van der Waals surface area (Å²) in [7, 11) is 1.66. The van der Waals surface area contributed by atoms with Gasteiger partial charge in [-0.1, -0.05) is 24.6 Å². The SMILES string of the molecule is COCCNC(=O)c1sc2ccccc2c1C[C@H]1CCCCN1CC1CC1. The lowest BCUT2D eigenvalue weighted by molar-refractivity contribution is 0.0939. The molecule has 5 heteroatoms. The van der Waals surface area contributed by atoms with Gasteiger partial charge in [0.25, 0.3) is 5.91 Å². The number of rotatable bonds is 8. The summed E-state index contributed by atoms with van der Waals surface area (Å²) >= 11 is 1.63. The molecule has 1 aliphatic heterocycles. The average molecular weight is 387 g/mol. The topological polar surface area (TPSA) is 41.6 Å². The van der Waals surface area contributed by atoms with E-state index in [4.69, 9.17) is 4.74 Å². The Labute approximate surface area is 165 Å². The number of nitrogens with zero attached hydrogens (tertiary/aromatic N) is 1. The smallest absolute Gasteiger partial charge is 0.261 e. The van der Waals surface area contributed by atoms with Crippen LogP contribution in [-0.2, 0) is 11.2 Å². The highest BCUT2D eigenvalue weighted by molar-refractivity contribution is 7.21. The number of piperidine rings is 1. The van der Waals surface area contributed by atoms with Crippen LogP contribution in [0.2, 0.25) is 0 Å². The number of methoxy groups -OCH3 is 1. The minimum absolute atomic E-state index is 0.0489. The Bertz CT molecular complexity index is 784. The van der Waals surface area contributed by atoms with Crippen LogP contribution in [-0.4, -0.2) is 50.2 Å². The number of hydrogen-bond donors (Lipinski definition) is 1. The second kappa shape index (κ2) is 8.72. The molecule has 1 N–H and O–H groups in total. The summed E-state index contributed by atoms with van der Waals surface area (Å²) in [5, 5.41) is 4.29. The number of fused-ring (bicyclic) bond motifs is 1. The summed E-state index contributed by atoms with van der Waals surface area (Å²) in [5.41, 5.74) is 1.25. The maximum absolute atomic E-state index is 12.9. The van der Waals surface area contributed by atoms with E-state index in [9.17, 15) is 4.79 Å². The third-order valence-electron chi connectivity index (χ3n) is 5.87. The fourth-order valence-electron chi connectivity index (χ4n) is 4.23. The van der Waals surface area contributed by atoms with Gasteiger partial charge in [-0.3, -0.25) is 9.69 Å². The molecular weight excluding hydrogens is 356 g/mol. The normalized spacial score (nSPS) is 20.9. The van der Waals surface area contributed by atoms with Crippen molar-refractivity contribution in [1.82, 2.24) is 10.2 Å². The molecule has 146 valence electrons. The number of nitrogens with one attached hydrogen (secondary N) is 1. The van der Waals surface area contributed by atoms with E-state index < -0.39 is 0 Å². The van der Waals surface area contributed by atoms with Crippen molar-refractivity contribution in [2.24, 2.45) is 5.92 Å². The van der Waals surface area contributed by atoms with E-state index in [2.05, 4.69) is 34.5 Å². The molecule has 0 spiro atoms. The fraction of sp³-hybridized carbons (Fsp3) is 0.591. The molecule has 1 aromatic carbocycles. The lowest BCUT2D eigenvalue weighted by atomic mass is 9.93. The van der Waals surface area contributed by atoms with E-state index in [0.717, 1.165) is 17.2 Å². The number of amides is 1. The molecule has 4 rings (SSSR count). The van der Waals surface area contributed by atoms with Gasteiger partial charge < -0.3 is 10.1 Å². The predicted molar refractivity (Wildman–Crippen MR) is 112 cm³/mol. The molecule has 2 heterocycles. The number of carbonyl (C=O) groups is 1. The van der Waals surface area contributed by atoms with Crippen molar-refractivity contribution < 1.29 is 9.53 Å². The third kappa shape index (κ3) is 4.53. The molecule has 1 saturated heterocycles. The quantitative estimate of drug-likeness (QED) is 0.695. The number of likely N-dealkylation sites (tertiary alicyclic amines) is 1. The van der Waals surface area contributed by atoms with Gasteiger partial charge in [0, 0.05) is 30.9 Å². The Balaban J connectivity index is 1.58. The average Bonchev–Trinajstić information content (AvgIpc) is 3.43. The van der Waals surface area contributed by atoms with E-state index in [1.54, 1.807) is 18.4 Å². The second-order valence-corrected chi connectivity index (χ2v) is 9.00. The lowest BCUT2D eigenvalue weighted by Crippen LogP contribution is -2.42. The largest absolute Gasteiger partial charge is 0.383 e. The summed E-state index contributed by atoms with van der Waals surface area (Å²) in [6.45, 7) is 3.57. The molecule has 0 unspecified atom stereocenters. The maximum atomic E-state index is 12.9. The predicted octanol–water partition coefficient (Wildman–Crippen LogP) is 4.08. The summed E-state index contributed by atoms with van der Waals surface area (Å²) in [4.78, 5) is 16.5. The first-order valence-corrected chi connectivity index (χ1v) is 11.1. The zero-order valence-corrected chi connectivity index (χ0v) is 17.0. The van der Waals surface area contributed by atoms with Crippen LogP contribution in [0.3, 0.4) is 0 Å². The van der Waals surface area contributed by atoms with Gasteiger partial charge >= 0.3 is 0 Å². The highest BCUT2D eigenvalue weighted by Crippen LogP contribution is 2.36. The van der Waals surface area contributed by atoms with Crippen molar-refractivity contribution in [3.05, 3.63) is 34.7 Å². The fourth-order valence-corrected chi connectivity index (χ4v) is 5.38. The standard InChI is InChI=1S/C22H30N2O2S/c1-26-13-11-23-22(25)21-19(18-7-2-3-8-20(18)27-21)14-17-6-4-5-12-24(17)15-16-9-10-16/h2-3,7-8,16-17H,4-6,9-15H2,1H3,(H,23,25)/t17-/m1/s1. The van der Waals surface area contributed by atoms with Gasteiger partial charge in [-0.2, -0.15) is 0 Å². The molecular formula is C22H30N2O2S. The van der Waals surface area contributed by atoms with Crippen LogP contribution in [0.25, 0.3) is 10.1 Å². The first kappa shape index (κ1) is 18.9. The Morgan fingerprint density at radius 1 is 1.26 bits per heavy atom. The molecule has 1 saturated carbocycles. The maximum Gasteiger partial charge on any atom is 0.261 e. The van der Waals surface area contributed by atoms with Crippen LogP contribution in [0.1, 0.15) is 47.3 Å². The Hall–Kier alpha value is -1.43. The molecule has 0 bridgehead atoms. The van der Waals surface area contributed by atoms with E-state index in [1.807, 2.05) is 0 Å². The minimum Gasteiger partial charge on any atom is -0.383 e. The molecule has 4 nitrogen and oxygen atoms in total. The van der Waals surface area contributed by atoms with E-state index in [1.165, 1.54) is 60.8 Å². The summed E-state index contributed by atoms with van der Waals surface area (Å²) < 4.78 is 6.29. The Morgan fingerprint density at radius 2 is 2.11 bits per heavy atom. The second-order valence-electron chi connectivity index (χ2n) is 7.95. The van der Waals surface area contributed by atoms with Crippen molar-refractivity contribution in [1.29, 1.82) is 0 Å². The van der Waals surface area contributed by atoms with Crippen molar-refractivity contribution in [3.63, 3.8) is 0 Å². The number of ether oxygens (including phenoxy) is 1. The van der Waals surface area contributed by atoms with Gasteiger partial charge in [0.05, 0.1) is 11.5 Å². The molecule has 27 heavy (non-hydrogen) atoms. The van der Waals surface area contributed by atoms with Crippen LogP contribution in [0.15, 0.2) is 24.3 Å². The van der Waals surface area contributed by atoms with Crippen molar-refractivity contribution in [2.45, 2.75) is 44.6 Å². The minimum atomic E-state index is 0.0489. The molecule has 2 aliphatic rings. The van der Waals surface area contributed by atoms with Crippen LogP contribution >= 0.6 is 11.3 Å². The van der Waals surface area contributed by atoms with Crippen molar-refractivity contribution in [3.8, 4) is 0 Å². The first-order chi connectivity index (χ1) is 13.3. The van der Waals surface area contributed by atoms with E-state index in [0.29, 0.717) is 19.2 Å². The van der Waals surface area contributed by atoms with Gasteiger partial charge in [-0.05, 0) is 61.6 Å².